The fourth-order valence-corrected chi connectivity index (χ4v) is 1.62. The molecule has 0 amide bonds. The Bertz CT molecular complexity index is 465. The van der Waals surface area contributed by atoms with Crippen molar-refractivity contribution in [2.75, 3.05) is 30.3 Å². The predicted molar refractivity (Wildman–Crippen MR) is 62.9 cm³/mol. The summed E-state index contributed by atoms with van der Waals surface area (Å²) >= 11 is 0. The van der Waals surface area contributed by atoms with Gasteiger partial charge in [-0.2, -0.15) is 13.2 Å². The quantitative estimate of drug-likeness (QED) is 0.484. The van der Waals surface area contributed by atoms with Gasteiger partial charge in [0.05, 0.1) is 11.5 Å². The second-order valence-electron chi connectivity index (χ2n) is 3.73. The van der Waals surface area contributed by atoms with Crippen molar-refractivity contribution in [2.45, 2.75) is 6.18 Å². The van der Waals surface area contributed by atoms with Crippen molar-refractivity contribution < 1.29 is 23.2 Å². The first kappa shape index (κ1) is 15.0. The van der Waals surface area contributed by atoms with Gasteiger partial charge in [0.2, 0.25) is 0 Å². The molecule has 0 fully saturated rings. The molecule has 0 bridgehead atoms. The second kappa shape index (κ2) is 5.74. The Labute approximate surface area is 106 Å². The largest absolute Gasteiger partial charge is 0.405 e. The van der Waals surface area contributed by atoms with Crippen molar-refractivity contribution in [1.29, 1.82) is 0 Å². The van der Waals surface area contributed by atoms with Crippen LogP contribution in [0.2, 0.25) is 0 Å². The number of nitro benzene ring substituents is 1. The molecule has 0 aliphatic carbocycles. The number of para-hydroxylation sites is 1. The van der Waals surface area contributed by atoms with Crippen LogP contribution >= 0.6 is 0 Å². The summed E-state index contributed by atoms with van der Waals surface area (Å²) in [6.45, 7) is -2.36. The molecule has 0 saturated heterocycles. The molecule has 0 aliphatic heterocycles. The summed E-state index contributed by atoms with van der Waals surface area (Å²) in [5.74, 6) is 0. The van der Waals surface area contributed by atoms with Crippen LogP contribution in [0.5, 0.6) is 0 Å². The minimum atomic E-state index is -4.55. The predicted octanol–water partition coefficient (Wildman–Crippen LogP) is 1.54. The summed E-state index contributed by atoms with van der Waals surface area (Å²) in [5, 5.41) is 19.7. The topological polar surface area (TPSA) is 92.6 Å². The lowest BCUT2D eigenvalue weighted by molar-refractivity contribution is -0.383. The fraction of sp³-hybridized carbons (Fsp3) is 0.400. The molecule has 0 spiro atoms. The lowest BCUT2D eigenvalue weighted by Crippen LogP contribution is -2.36. The molecule has 3 N–H and O–H groups in total. The van der Waals surface area contributed by atoms with Crippen molar-refractivity contribution in [3.05, 3.63) is 28.3 Å². The zero-order valence-electron chi connectivity index (χ0n) is 9.72. The molecular formula is C10H12F3N3O3. The van der Waals surface area contributed by atoms with Crippen molar-refractivity contribution in [1.82, 2.24) is 0 Å². The van der Waals surface area contributed by atoms with Crippen LogP contribution in [-0.4, -0.2) is 35.9 Å². The Kier molecular flexibility index (Phi) is 4.54. The summed E-state index contributed by atoms with van der Waals surface area (Å²) < 4.78 is 37.3. The smallest absolute Gasteiger partial charge is 0.395 e. The van der Waals surface area contributed by atoms with E-state index in [1.165, 1.54) is 12.1 Å². The van der Waals surface area contributed by atoms with Gasteiger partial charge < -0.3 is 15.7 Å². The average Bonchev–Trinajstić information content (AvgIpc) is 2.25. The third-order valence-electron chi connectivity index (χ3n) is 2.31. The number of aliphatic hydroxyl groups excluding tert-OH is 1. The van der Waals surface area contributed by atoms with Crippen LogP contribution in [0.25, 0.3) is 0 Å². The highest BCUT2D eigenvalue weighted by Crippen LogP contribution is 2.34. The lowest BCUT2D eigenvalue weighted by atomic mass is 10.2. The minimum absolute atomic E-state index is 0.229. The number of anilines is 2. The first-order valence-electron chi connectivity index (χ1n) is 5.21. The van der Waals surface area contributed by atoms with Crippen LogP contribution < -0.4 is 10.6 Å². The van der Waals surface area contributed by atoms with E-state index in [1.807, 2.05) is 0 Å². The van der Waals surface area contributed by atoms with E-state index in [-0.39, 0.29) is 17.9 Å². The van der Waals surface area contributed by atoms with E-state index in [9.17, 15) is 23.3 Å². The molecule has 0 aromatic heterocycles. The molecule has 0 unspecified atom stereocenters. The number of alkyl halides is 3. The van der Waals surface area contributed by atoms with Crippen molar-refractivity contribution in [3.63, 3.8) is 0 Å². The van der Waals surface area contributed by atoms with E-state index < -0.39 is 29.9 Å². The number of nitrogens with zero attached hydrogens (tertiary/aromatic N) is 2. The van der Waals surface area contributed by atoms with Gasteiger partial charge in [-0.3, -0.25) is 10.1 Å². The lowest BCUT2D eigenvalue weighted by Gasteiger charge is -2.25. The van der Waals surface area contributed by atoms with E-state index in [4.69, 9.17) is 10.8 Å². The molecule has 0 heterocycles. The summed E-state index contributed by atoms with van der Waals surface area (Å²) in [5.41, 5.74) is 4.31. The van der Waals surface area contributed by atoms with Crippen molar-refractivity contribution in [2.24, 2.45) is 0 Å². The number of rotatable bonds is 5. The standard InChI is InChI=1S/C10H12F3N3O3/c11-10(12,13)6-15(4-5-17)8-3-1-2-7(14)9(8)16(18)19/h1-3,17H,4-6,14H2. The Morgan fingerprint density at radius 1 is 1.42 bits per heavy atom. The van der Waals surface area contributed by atoms with Crippen LogP contribution in [0.3, 0.4) is 0 Å². The first-order chi connectivity index (χ1) is 8.76. The molecule has 0 saturated carbocycles. The highest BCUT2D eigenvalue weighted by molar-refractivity contribution is 5.75. The number of aliphatic hydroxyl groups is 1. The van der Waals surface area contributed by atoms with E-state index in [0.717, 1.165) is 6.07 Å². The van der Waals surface area contributed by atoms with Crippen LogP contribution in [0, 0.1) is 10.1 Å². The number of benzene rings is 1. The molecule has 19 heavy (non-hydrogen) atoms. The number of nitrogen functional groups attached to an aromatic ring is 1. The highest BCUT2D eigenvalue weighted by Gasteiger charge is 2.33. The van der Waals surface area contributed by atoms with Gasteiger partial charge in [0.1, 0.15) is 17.9 Å². The SMILES string of the molecule is Nc1cccc(N(CCO)CC(F)(F)F)c1[N+](=O)[O-]. The molecule has 106 valence electrons. The van der Waals surface area contributed by atoms with Crippen LogP contribution in [-0.2, 0) is 0 Å². The Morgan fingerprint density at radius 2 is 2.05 bits per heavy atom. The molecule has 0 radical (unpaired) electrons. The van der Waals surface area contributed by atoms with Gasteiger partial charge in [0.25, 0.3) is 0 Å². The average molecular weight is 279 g/mol. The third-order valence-corrected chi connectivity index (χ3v) is 2.31. The van der Waals surface area contributed by atoms with Gasteiger partial charge in [-0.05, 0) is 12.1 Å². The fourth-order valence-electron chi connectivity index (χ4n) is 1.62. The Hall–Kier alpha value is -2.03. The molecule has 0 aliphatic rings. The van der Waals surface area contributed by atoms with Crippen LogP contribution in [0.15, 0.2) is 18.2 Å². The van der Waals surface area contributed by atoms with E-state index >= 15 is 0 Å². The molecule has 1 rings (SSSR count). The van der Waals surface area contributed by atoms with E-state index in [0.29, 0.717) is 4.90 Å². The summed E-state index contributed by atoms with van der Waals surface area (Å²) in [6.07, 6.45) is -4.55. The maximum Gasteiger partial charge on any atom is 0.405 e. The Balaban J connectivity index is 3.22. The number of hydrogen-bond acceptors (Lipinski definition) is 5. The van der Waals surface area contributed by atoms with Crippen molar-refractivity contribution >= 4 is 17.1 Å². The number of hydrogen-bond donors (Lipinski definition) is 2. The molecule has 1 aromatic rings. The van der Waals surface area contributed by atoms with Gasteiger partial charge in [-0.15, -0.1) is 0 Å². The first-order valence-corrected chi connectivity index (χ1v) is 5.21. The normalized spacial score (nSPS) is 11.4. The van der Waals surface area contributed by atoms with Gasteiger partial charge in [-0.1, -0.05) is 6.07 Å². The summed E-state index contributed by atoms with van der Waals surface area (Å²) in [7, 11) is 0. The van der Waals surface area contributed by atoms with Gasteiger partial charge in [-0.25, -0.2) is 0 Å². The van der Waals surface area contributed by atoms with Crippen molar-refractivity contribution in [3.8, 4) is 0 Å². The maximum atomic E-state index is 12.4. The minimum Gasteiger partial charge on any atom is -0.395 e. The number of nitro groups is 1. The third kappa shape index (κ3) is 3.98. The second-order valence-corrected chi connectivity index (χ2v) is 3.73. The zero-order chi connectivity index (χ0) is 14.6. The molecule has 0 atom stereocenters. The summed E-state index contributed by atoms with van der Waals surface area (Å²) in [6, 6.07) is 3.71. The van der Waals surface area contributed by atoms with Gasteiger partial charge >= 0.3 is 11.9 Å². The van der Waals surface area contributed by atoms with Crippen LogP contribution in [0.4, 0.5) is 30.2 Å². The van der Waals surface area contributed by atoms with Gasteiger partial charge in [0, 0.05) is 6.54 Å². The number of nitrogens with two attached hydrogens (primary N) is 1. The monoisotopic (exact) mass is 279 g/mol. The molecular weight excluding hydrogens is 267 g/mol. The van der Waals surface area contributed by atoms with E-state index in [1.54, 1.807) is 0 Å². The molecule has 9 heteroatoms. The van der Waals surface area contributed by atoms with Gasteiger partial charge in [0.15, 0.2) is 0 Å². The summed E-state index contributed by atoms with van der Waals surface area (Å²) in [4.78, 5) is 10.7. The zero-order valence-corrected chi connectivity index (χ0v) is 9.72. The van der Waals surface area contributed by atoms with Crippen LogP contribution in [0.1, 0.15) is 0 Å². The Morgan fingerprint density at radius 3 is 2.53 bits per heavy atom. The highest BCUT2D eigenvalue weighted by atomic mass is 19.4. The number of halogens is 3. The molecule has 1 aromatic carbocycles. The van der Waals surface area contributed by atoms with E-state index in [2.05, 4.69) is 0 Å². The molecule has 6 nitrogen and oxygen atoms in total. The maximum absolute atomic E-state index is 12.4.